The lowest BCUT2D eigenvalue weighted by atomic mass is 9.95. The third-order valence-corrected chi connectivity index (χ3v) is 8.01. The molecule has 0 radical (unpaired) electrons. The minimum atomic E-state index is -0.301. The fraction of sp³-hybridized carbons (Fsp3) is 0.500. The summed E-state index contributed by atoms with van der Waals surface area (Å²) in [4.78, 5) is 18.4. The van der Waals surface area contributed by atoms with Crippen molar-refractivity contribution in [1.29, 1.82) is 0 Å². The summed E-state index contributed by atoms with van der Waals surface area (Å²) in [6, 6.07) is 7.20. The molecule has 2 fully saturated rings. The Kier molecular flexibility index (Phi) is 7.45. The van der Waals surface area contributed by atoms with Crippen LogP contribution in [0.25, 0.3) is 22.1 Å². The zero-order valence-corrected chi connectivity index (χ0v) is 22.1. The molecule has 198 valence electrons. The van der Waals surface area contributed by atoms with Gasteiger partial charge in [-0.25, -0.2) is 0 Å². The van der Waals surface area contributed by atoms with E-state index in [0.29, 0.717) is 52.9 Å². The van der Waals surface area contributed by atoms with Gasteiger partial charge in [-0.2, -0.15) is 0 Å². The minimum absolute atomic E-state index is 0.0433. The van der Waals surface area contributed by atoms with Crippen molar-refractivity contribution in [1.82, 2.24) is 9.80 Å². The zero-order valence-electron chi connectivity index (χ0n) is 22.1. The third-order valence-electron chi connectivity index (χ3n) is 8.01. The van der Waals surface area contributed by atoms with Crippen molar-refractivity contribution in [3.8, 4) is 28.4 Å². The second-order valence-corrected chi connectivity index (χ2v) is 11.0. The van der Waals surface area contributed by atoms with Crippen LogP contribution in [-0.2, 0) is 13.1 Å². The molecule has 0 spiro atoms. The SMILES string of the molecule is COc1ccc(-c2coc3c(CN4CCC[C@H](C)C4)c(O)c(CN4CCC[C@H](C)C4)c(O)c3c2=O)cc1. The summed E-state index contributed by atoms with van der Waals surface area (Å²) in [7, 11) is 1.60. The Morgan fingerprint density at radius 1 is 0.919 bits per heavy atom. The first-order valence-corrected chi connectivity index (χ1v) is 13.5. The number of methoxy groups -OCH3 is 1. The molecule has 7 heteroatoms. The van der Waals surface area contributed by atoms with Crippen LogP contribution in [0.15, 0.2) is 39.7 Å². The fourth-order valence-electron chi connectivity index (χ4n) is 6.03. The molecule has 0 bridgehead atoms. The Bertz CT molecular complexity index is 1320. The van der Waals surface area contributed by atoms with E-state index in [9.17, 15) is 15.0 Å². The van der Waals surface area contributed by atoms with Gasteiger partial charge in [0.25, 0.3) is 0 Å². The number of likely N-dealkylation sites (tertiary alicyclic amines) is 2. The van der Waals surface area contributed by atoms with E-state index < -0.39 is 0 Å². The molecule has 2 aliphatic rings. The van der Waals surface area contributed by atoms with Crippen molar-refractivity contribution in [3.63, 3.8) is 0 Å². The second kappa shape index (κ2) is 10.8. The molecular formula is C30H38N2O5. The summed E-state index contributed by atoms with van der Waals surface area (Å²) >= 11 is 0. The van der Waals surface area contributed by atoms with E-state index in [1.54, 1.807) is 31.4 Å². The molecule has 3 heterocycles. The Hall–Kier alpha value is -3.03. The quantitative estimate of drug-likeness (QED) is 0.466. The molecule has 2 aliphatic heterocycles. The first-order valence-electron chi connectivity index (χ1n) is 13.5. The van der Waals surface area contributed by atoms with Crippen molar-refractivity contribution in [2.24, 2.45) is 11.8 Å². The molecule has 0 aliphatic carbocycles. The Morgan fingerprint density at radius 3 is 2.08 bits per heavy atom. The van der Waals surface area contributed by atoms with Gasteiger partial charge in [-0.1, -0.05) is 26.0 Å². The highest BCUT2D eigenvalue weighted by atomic mass is 16.5. The molecule has 0 amide bonds. The number of phenolic OH excluding ortho intramolecular Hbond substituents is 2. The van der Waals surface area contributed by atoms with E-state index in [0.717, 1.165) is 39.0 Å². The standard InChI is InChI=1S/C30H38N2O5/c1-19-6-4-12-31(14-19)16-23-27(33)24(17-32-13-5-7-20(2)15-32)30-26(28(23)34)29(35)25(18-37-30)21-8-10-22(36-3)11-9-21/h8-11,18-20,33-34H,4-7,12-17H2,1-3H3/t19-,20-/m0/s1. The van der Waals surface area contributed by atoms with Crippen LogP contribution in [-0.4, -0.2) is 53.3 Å². The monoisotopic (exact) mass is 506 g/mol. The number of hydrogen-bond acceptors (Lipinski definition) is 7. The maximum Gasteiger partial charge on any atom is 0.204 e. The lowest BCUT2D eigenvalue weighted by Gasteiger charge is -2.33. The van der Waals surface area contributed by atoms with Crippen molar-refractivity contribution in [2.75, 3.05) is 33.3 Å². The maximum atomic E-state index is 13.8. The summed E-state index contributed by atoms with van der Waals surface area (Å²) < 4.78 is 11.3. The van der Waals surface area contributed by atoms with Gasteiger partial charge in [0.2, 0.25) is 5.43 Å². The van der Waals surface area contributed by atoms with Gasteiger partial charge in [0.1, 0.15) is 34.5 Å². The molecule has 0 unspecified atom stereocenters. The van der Waals surface area contributed by atoms with E-state index in [-0.39, 0.29) is 27.9 Å². The van der Waals surface area contributed by atoms with E-state index in [1.807, 2.05) is 0 Å². The Morgan fingerprint density at radius 2 is 1.51 bits per heavy atom. The predicted molar refractivity (Wildman–Crippen MR) is 145 cm³/mol. The van der Waals surface area contributed by atoms with Crippen molar-refractivity contribution in [3.05, 3.63) is 51.9 Å². The smallest absolute Gasteiger partial charge is 0.204 e. The van der Waals surface area contributed by atoms with E-state index >= 15 is 0 Å². The Balaban J connectivity index is 1.64. The van der Waals surface area contributed by atoms with Crippen LogP contribution in [0.1, 0.15) is 50.7 Å². The van der Waals surface area contributed by atoms with E-state index in [1.165, 1.54) is 19.1 Å². The molecular weight excluding hydrogens is 468 g/mol. The van der Waals surface area contributed by atoms with Crippen LogP contribution in [0.2, 0.25) is 0 Å². The molecule has 5 rings (SSSR count). The van der Waals surface area contributed by atoms with Gasteiger partial charge in [0.05, 0.1) is 23.8 Å². The van der Waals surface area contributed by atoms with Crippen molar-refractivity contribution in [2.45, 2.75) is 52.6 Å². The van der Waals surface area contributed by atoms with Crippen LogP contribution in [0.3, 0.4) is 0 Å². The molecule has 2 atom stereocenters. The molecule has 2 saturated heterocycles. The normalized spacial score (nSPS) is 21.4. The minimum Gasteiger partial charge on any atom is -0.507 e. The Labute approximate surface area is 218 Å². The van der Waals surface area contributed by atoms with Gasteiger partial charge < -0.3 is 19.4 Å². The highest BCUT2D eigenvalue weighted by Gasteiger charge is 2.28. The third kappa shape index (κ3) is 5.20. The van der Waals surface area contributed by atoms with Gasteiger partial charge >= 0.3 is 0 Å². The summed E-state index contributed by atoms with van der Waals surface area (Å²) in [6.07, 6.45) is 6.00. The lowest BCUT2D eigenvalue weighted by molar-refractivity contribution is 0.170. The average molecular weight is 507 g/mol. The largest absolute Gasteiger partial charge is 0.507 e. The number of rotatable bonds is 6. The van der Waals surface area contributed by atoms with Gasteiger partial charge in [0, 0.05) is 26.2 Å². The molecule has 7 nitrogen and oxygen atoms in total. The molecule has 2 N–H and O–H groups in total. The number of benzene rings is 2. The highest BCUT2D eigenvalue weighted by molar-refractivity contribution is 5.92. The lowest BCUT2D eigenvalue weighted by Crippen LogP contribution is -2.34. The molecule has 3 aromatic rings. The van der Waals surface area contributed by atoms with Gasteiger partial charge in [-0.15, -0.1) is 0 Å². The predicted octanol–water partition coefficient (Wildman–Crippen LogP) is 5.34. The van der Waals surface area contributed by atoms with Crippen molar-refractivity contribution >= 4 is 11.0 Å². The number of piperidine rings is 2. The van der Waals surface area contributed by atoms with Gasteiger partial charge in [-0.3, -0.25) is 14.6 Å². The van der Waals surface area contributed by atoms with Gasteiger partial charge in [0.15, 0.2) is 0 Å². The summed E-state index contributed by atoms with van der Waals surface area (Å²) in [5.41, 5.74) is 2.02. The zero-order chi connectivity index (χ0) is 26.1. The summed E-state index contributed by atoms with van der Waals surface area (Å²) in [5, 5.41) is 23.1. The summed E-state index contributed by atoms with van der Waals surface area (Å²) in [5.74, 6) is 1.69. The number of phenols is 2. The highest BCUT2D eigenvalue weighted by Crippen LogP contribution is 2.41. The van der Waals surface area contributed by atoms with Crippen LogP contribution in [0.4, 0.5) is 0 Å². The van der Waals surface area contributed by atoms with Gasteiger partial charge in [-0.05, 0) is 68.3 Å². The topological polar surface area (TPSA) is 86.4 Å². The molecule has 37 heavy (non-hydrogen) atoms. The van der Waals surface area contributed by atoms with Crippen LogP contribution in [0, 0.1) is 11.8 Å². The van der Waals surface area contributed by atoms with E-state index in [4.69, 9.17) is 9.15 Å². The molecule has 1 aromatic heterocycles. The number of ether oxygens (including phenoxy) is 1. The van der Waals surface area contributed by atoms with Crippen LogP contribution in [0.5, 0.6) is 17.2 Å². The molecule has 2 aromatic carbocycles. The van der Waals surface area contributed by atoms with Crippen LogP contribution >= 0.6 is 0 Å². The van der Waals surface area contributed by atoms with Crippen LogP contribution < -0.4 is 10.2 Å². The maximum absolute atomic E-state index is 13.8. The van der Waals surface area contributed by atoms with E-state index in [2.05, 4.69) is 23.6 Å². The number of aromatic hydroxyl groups is 2. The summed E-state index contributed by atoms with van der Waals surface area (Å²) in [6.45, 7) is 9.00. The second-order valence-electron chi connectivity index (χ2n) is 11.0. The number of nitrogens with zero attached hydrogens (tertiary/aromatic N) is 2. The first-order chi connectivity index (χ1) is 17.9. The number of hydrogen-bond donors (Lipinski definition) is 2. The fourth-order valence-corrected chi connectivity index (χ4v) is 6.03. The average Bonchev–Trinajstić information content (AvgIpc) is 2.89. The van der Waals surface area contributed by atoms with Crippen molar-refractivity contribution < 1.29 is 19.4 Å². The molecule has 0 saturated carbocycles. The number of fused-ring (bicyclic) bond motifs is 1. The first kappa shape index (κ1) is 25.6.